The second-order valence-corrected chi connectivity index (χ2v) is 5.74. The van der Waals surface area contributed by atoms with Crippen molar-refractivity contribution in [1.29, 1.82) is 0 Å². The first-order valence-corrected chi connectivity index (χ1v) is 8.11. The van der Waals surface area contributed by atoms with Crippen molar-refractivity contribution in [2.24, 2.45) is 0 Å². The fourth-order valence-corrected chi connectivity index (χ4v) is 2.50. The highest BCUT2D eigenvalue weighted by atomic mass is 16.5. The molecule has 0 fully saturated rings. The predicted octanol–water partition coefficient (Wildman–Crippen LogP) is 3.53. The van der Waals surface area contributed by atoms with Gasteiger partial charge in [-0.25, -0.2) is 9.59 Å². The molecule has 0 saturated carbocycles. The number of carbonyl (C=O) groups is 2. The maximum absolute atomic E-state index is 12.4. The lowest BCUT2D eigenvalue weighted by molar-refractivity contribution is 0.0526. The average molecular weight is 351 g/mol. The van der Waals surface area contributed by atoms with Gasteiger partial charge >= 0.3 is 11.6 Å². The molecule has 0 aliphatic rings. The highest BCUT2D eigenvalue weighted by molar-refractivity contribution is 6.05. The molecular formula is C20H17NO5. The van der Waals surface area contributed by atoms with E-state index in [1.54, 1.807) is 37.3 Å². The molecule has 6 nitrogen and oxygen atoms in total. The molecule has 0 unspecified atom stereocenters. The first-order chi connectivity index (χ1) is 12.5. The van der Waals surface area contributed by atoms with Crippen LogP contribution in [0.25, 0.3) is 11.0 Å². The third-order valence-electron chi connectivity index (χ3n) is 3.79. The Morgan fingerprint density at radius 2 is 1.81 bits per heavy atom. The number of aryl methyl sites for hydroxylation is 1. The van der Waals surface area contributed by atoms with Gasteiger partial charge in [0.1, 0.15) is 11.1 Å². The molecule has 3 rings (SSSR count). The Morgan fingerprint density at radius 3 is 2.50 bits per heavy atom. The number of rotatable bonds is 4. The number of hydrogen-bond donors (Lipinski definition) is 1. The first-order valence-electron chi connectivity index (χ1n) is 8.11. The van der Waals surface area contributed by atoms with Gasteiger partial charge in [-0.15, -0.1) is 0 Å². The lowest BCUT2D eigenvalue weighted by atomic mass is 10.1. The average Bonchev–Trinajstić information content (AvgIpc) is 2.62. The van der Waals surface area contributed by atoms with Crippen molar-refractivity contribution in [1.82, 2.24) is 0 Å². The zero-order valence-corrected chi connectivity index (χ0v) is 14.4. The van der Waals surface area contributed by atoms with Crippen molar-refractivity contribution < 1.29 is 18.7 Å². The van der Waals surface area contributed by atoms with Crippen molar-refractivity contribution in [2.75, 3.05) is 11.9 Å². The molecule has 3 aromatic rings. The zero-order valence-electron chi connectivity index (χ0n) is 14.4. The van der Waals surface area contributed by atoms with E-state index >= 15 is 0 Å². The zero-order chi connectivity index (χ0) is 18.7. The number of nitrogens with one attached hydrogen (secondary N) is 1. The Kier molecular flexibility index (Phi) is 4.84. The van der Waals surface area contributed by atoms with Gasteiger partial charge in [0.05, 0.1) is 12.2 Å². The van der Waals surface area contributed by atoms with E-state index in [9.17, 15) is 14.4 Å². The van der Waals surface area contributed by atoms with Gasteiger partial charge < -0.3 is 14.5 Å². The fraction of sp³-hybridized carbons (Fsp3) is 0.150. The highest BCUT2D eigenvalue weighted by Crippen LogP contribution is 2.17. The van der Waals surface area contributed by atoms with Gasteiger partial charge in [-0.05, 0) is 56.3 Å². The normalized spacial score (nSPS) is 10.5. The second kappa shape index (κ2) is 7.23. The Hall–Kier alpha value is -3.41. The number of fused-ring (bicyclic) bond motifs is 1. The van der Waals surface area contributed by atoms with Crippen LogP contribution in [0.2, 0.25) is 0 Å². The molecule has 132 valence electrons. The molecule has 2 aromatic carbocycles. The predicted molar refractivity (Wildman–Crippen MR) is 97.6 cm³/mol. The molecular weight excluding hydrogens is 334 g/mol. The minimum absolute atomic E-state index is 0.0856. The minimum Gasteiger partial charge on any atom is -0.462 e. The molecule has 1 amide bonds. The molecule has 0 saturated heterocycles. The van der Waals surface area contributed by atoms with Gasteiger partial charge in [0.15, 0.2) is 0 Å². The standard InChI is InChI=1S/C20H17NO5/c1-3-25-19(23)13-5-7-15(8-6-13)21-18(22)16-11-14-10-12(2)4-9-17(14)26-20(16)24/h4-11H,3H2,1-2H3,(H,21,22). The van der Waals surface area contributed by atoms with Crippen LogP contribution in [-0.4, -0.2) is 18.5 Å². The van der Waals surface area contributed by atoms with Crippen molar-refractivity contribution >= 4 is 28.5 Å². The summed E-state index contributed by atoms with van der Waals surface area (Å²) in [4.78, 5) is 36.1. The van der Waals surface area contributed by atoms with Gasteiger partial charge in [0.2, 0.25) is 0 Å². The summed E-state index contributed by atoms with van der Waals surface area (Å²) in [5.74, 6) is -1.01. The third-order valence-corrected chi connectivity index (χ3v) is 3.79. The van der Waals surface area contributed by atoms with Crippen LogP contribution in [0.3, 0.4) is 0 Å². The van der Waals surface area contributed by atoms with Crippen LogP contribution in [0, 0.1) is 6.92 Å². The van der Waals surface area contributed by atoms with Gasteiger partial charge in [-0.3, -0.25) is 4.79 Å². The maximum Gasteiger partial charge on any atom is 0.349 e. The largest absolute Gasteiger partial charge is 0.462 e. The Morgan fingerprint density at radius 1 is 1.08 bits per heavy atom. The molecule has 0 bridgehead atoms. The number of hydrogen-bond acceptors (Lipinski definition) is 5. The summed E-state index contributed by atoms with van der Waals surface area (Å²) < 4.78 is 10.1. The van der Waals surface area contributed by atoms with Crippen LogP contribution in [0.1, 0.15) is 33.2 Å². The van der Waals surface area contributed by atoms with E-state index in [4.69, 9.17) is 9.15 Å². The summed E-state index contributed by atoms with van der Waals surface area (Å²) >= 11 is 0. The SMILES string of the molecule is CCOC(=O)c1ccc(NC(=O)c2cc3cc(C)ccc3oc2=O)cc1. The number of esters is 1. The molecule has 0 radical (unpaired) electrons. The summed E-state index contributed by atoms with van der Waals surface area (Å²) in [6.45, 7) is 3.92. The third kappa shape index (κ3) is 3.64. The van der Waals surface area contributed by atoms with E-state index in [1.807, 2.05) is 19.1 Å². The Balaban J connectivity index is 1.83. The summed E-state index contributed by atoms with van der Waals surface area (Å²) in [5.41, 5.74) is 1.46. The van der Waals surface area contributed by atoms with E-state index in [-0.39, 0.29) is 12.2 Å². The monoisotopic (exact) mass is 351 g/mol. The fourth-order valence-electron chi connectivity index (χ4n) is 2.50. The molecule has 1 heterocycles. The van der Waals surface area contributed by atoms with E-state index in [2.05, 4.69) is 5.32 Å². The summed E-state index contributed by atoms with van der Waals surface area (Å²) in [7, 11) is 0. The molecule has 1 aromatic heterocycles. The molecule has 0 aliphatic carbocycles. The van der Waals surface area contributed by atoms with Crippen LogP contribution < -0.4 is 10.9 Å². The van der Waals surface area contributed by atoms with Gasteiger partial charge in [0, 0.05) is 11.1 Å². The molecule has 0 spiro atoms. The topological polar surface area (TPSA) is 85.6 Å². The molecule has 26 heavy (non-hydrogen) atoms. The van der Waals surface area contributed by atoms with Crippen LogP contribution in [0.15, 0.2) is 57.7 Å². The lowest BCUT2D eigenvalue weighted by Crippen LogP contribution is -2.20. The van der Waals surface area contributed by atoms with Gasteiger partial charge in [-0.2, -0.15) is 0 Å². The molecule has 6 heteroatoms. The van der Waals surface area contributed by atoms with E-state index < -0.39 is 17.5 Å². The van der Waals surface area contributed by atoms with Crippen molar-refractivity contribution in [3.8, 4) is 0 Å². The lowest BCUT2D eigenvalue weighted by Gasteiger charge is -2.07. The second-order valence-electron chi connectivity index (χ2n) is 5.74. The van der Waals surface area contributed by atoms with Crippen LogP contribution >= 0.6 is 0 Å². The number of ether oxygens (including phenoxy) is 1. The number of benzene rings is 2. The van der Waals surface area contributed by atoms with Gasteiger partial charge in [-0.1, -0.05) is 11.6 Å². The van der Waals surface area contributed by atoms with Crippen molar-refractivity contribution in [3.05, 3.63) is 75.6 Å². The minimum atomic E-state index is -0.706. The van der Waals surface area contributed by atoms with E-state index in [0.717, 1.165) is 5.56 Å². The highest BCUT2D eigenvalue weighted by Gasteiger charge is 2.14. The maximum atomic E-state index is 12.4. The molecule has 1 N–H and O–H groups in total. The van der Waals surface area contributed by atoms with E-state index in [1.165, 1.54) is 6.07 Å². The Labute approximate surface area is 149 Å². The summed E-state index contributed by atoms with van der Waals surface area (Å²) in [5, 5.41) is 3.30. The van der Waals surface area contributed by atoms with Crippen molar-refractivity contribution in [2.45, 2.75) is 13.8 Å². The summed E-state index contributed by atoms with van der Waals surface area (Å²) in [6.07, 6.45) is 0. The number of amides is 1. The quantitative estimate of drug-likeness (QED) is 0.574. The van der Waals surface area contributed by atoms with Crippen LogP contribution in [0.5, 0.6) is 0 Å². The van der Waals surface area contributed by atoms with Crippen molar-refractivity contribution in [3.63, 3.8) is 0 Å². The number of carbonyl (C=O) groups excluding carboxylic acids is 2. The smallest absolute Gasteiger partial charge is 0.349 e. The summed E-state index contributed by atoms with van der Waals surface area (Å²) in [6, 6.07) is 13.1. The van der Waals surface area contributed by atoms with Crippen LogP contribution in [0.4, 0.5) is 5.69 Å². The Bertz CT molecular complexity index is 1030. The number of anilines is 1. The molecule has 0 atom stereocenters. The van der Waals surface area contributed by atoms with Crippen LogP contribution in [-0.2, 0) is 4.74 Å². The van der Waals surface area contributed by atoms with Gasteiger partial charge in [0.25, 0.3) is 5.91 Å². The molecule has 0 aliphatic heterocycles. The van der Waals surface area contributed by atoms with E-state index in [0.29, 0.717) is 22.2 Å². The first kappa shape index (κ1) is 17.4.